The molecule has 0 aromatic carbocycles. The monoisotopic (exact) mass is 170 g/mol. The SMILES string of the molecule is CNCC(=O)NCCCC1CC1. The highest BCUT2D eigenvalue weighted by molar-refractivity contribution is 5.77. The average molecular weight is 170 g/mol. The number of rotatable bonds is 6. The van der Waals surface area contributed by atoms with E-state index in [1.165, 1.54) is 19.3 Å². The quantitative estimate of drug-likeness (QED) is 0.570. The minimum absolute atomic E-state index is 0.105. The first-order valence-corrected chi connectivity index (χ1v) is 4.74. The van der Waals surface area contributed by atoms with Crippen molar-refractivity contribution in [3.8, 4) is 0 Å². The van der Waals surface area contributed by atoms with Gasteiger partial charge in [-0.05, 0) is 25.8 Å². The lowest BCUT2D eigenvalue weighted by Crippen LogP contribution is -2.32. The molecule has 0 atom stereocenters. The number of hydrogen-bond donors (Lipinski definition) is 2. The van der Waals surface area contributed by atoms with E-state index in [1.807, 2.05) is 0 Å². The van der Waals surface area contributed by atoms with Gasteiger partial charge in [-0.3, -0.25) is 4.79 Å². The fourth-order valence-corrected chi connectivity index (χ4v) is 1.25. The van der Waals surface area contributed by atoms with Gasteiger partial charge in [0.15, 0.2) is 0 Å². The summed E-state index contributed by atoms with van der Waals surface area (Å²) in [6.07, 6.45) is 5.24. The van der Waals surface area contributed by atoms with Gasteiger partial charge < -0.3 is 10.6 Å². The normalized spacial score (nSPS) is 16.1. The molecule has 12 heavy (non-hydrogen) atoms. The van der Waals surface area contributed by atoms with Crippen LogP contribution in [0.15, 0.2) is 0 Å². The van der Waals surface area contributed by atoms with Crippen LogP contribution in [0.4, 0.5) is 0 Å². The Kier molecular flexibility index (Phi) is 4.08. The van der Waals surface area contributed by atoms with Crippen LogP contribution in [-0.2, 0) is 4.79 Å². The molecule has 0 aliphatic heterocycles. The number of likely N-dealkylation sites (N-methyl/N-ethyl adjacent to an activating group) is 1. The Balaban J connectivity index is 1.83. The second kappa shape index (κ2) is 5.14. The molecule has 2 N–H and O–H groups in total. The number of hydrogen-bond acceptors (Lipinski definition) is 2. The van der Waals surface area contributed by atoms with E-state index in [2.05, 4.69) is 10.6 Å². The molecule has 0 spiro atoms. The molecule has 1 rings (SSSR count). The van der Waals surface area contributed by atoms with Crippen molar-refractivity contribution in [3.05, 3.63) is 0 Å². The topological polar surface area (TPSA) is 41.1 Å². The molecule has 0 aromatic rings. The van der Waals surface area contributed by atoms with Crippen LogP contribution in [0.5, 0.6) is 0 Å². The smallest absolute Gasteiger partial charge is 0.233 e. The van der Waals surface area contributed by atoms with Crippen molar-refractivity contribution in [2.75, 3.05) is 20.1 Å². The van der Waals surface area contributed by atoms with Crippen molar-refractivity contribution < 1.29 is 4.79 Å². The van der Waals surface area contributed by atoms with Crippen LogP contribution >= 0.6 is 0 Å². The summed E-state index contributed by atoms with van der Waals surface area (Å²) in [5, 5.41) is 5.68. The van der Waals surface area contributed by atoms with Crippen LogP contribution in [-0.4, -0.2) is 26.0 Å². The van der Waals surface area contributed by atoms with Gasteiger partial charge in [-0.15, -0.1) is 0 Å². The maximum absolute atomic E-state index is 10.9. The summed E-state index contributed by atoms with van der Waals surface area (Å²) in [7, 11) is 1.78. The number of carbonyl (C=O) groups is 1. The third-order valence-electron chi connectivity index (χ3n) is 2.15. The van der Waals surface area contributed by atoms with Gasteiger partial charge in [0.25, 0.3) is 0 Å². The zero-order chi connectivity index (χ0) is 8.81. The Morgan fingerprint density at radius 3 is 2.83 bits per heavy atom. The Labute approximate surface area is 73.9 Å². The van der Waals surface area contributed by atoms with E-state index in [1.54, 1.807) is 7.05 Å². The summed E-state index contributed by atoms with van der Waals surface area (Å²) in [5.41, 5.74) is 0. The predicted molar refractivity (Wildman–Crippen MR) is 48.9 cm³/mol. The number of nitrogens with one attached hydrogen (secondary N) is 2. The van der Waals surface area contributed by atoms with Crippen LogP contribution in [0.25, 0.3) is 0 Å². The summed E-state index contributed by atoms with van der Waals surface area (Å²) in [5.74, 6) is 1.08. The third-order valence-corrected chi connectivity index (χ3v) is 2.15. The first-order valence-electron chi connectivity index (χ1n) is 4.74. The zero-order valence-corrected chi connectivity index (χ0v) is 7.73. The van der Waals surface area contributed by atoms with E-state index in [0.29, 0.717) is 6.54 Å². The van der Waals surface area contributed by atoms with Gasteiger partial charge in [0.1, 0.15) is 0 Å². The molecule has 3 heteroatoms. The van der Waals surface area contributed by atoms with Gasteiger partial charge in [0, 0.05) is 6.54 Å². The van der Waals surface area contributed by atoms with Crippen molar-refractivity contribution in [1.82, 2.24) is 10.6 Å². The lowest BCUT2D eigenvalue weighted by Gasteiger charge is -2.03. The van der Waals surface area contributed by atoms with E-state index >= 15 is 0 Å². The molecule has 0 saturated heterocycles. The summed E-state index contributed by atoms with van der Waals surface area (Å²) in [4.78, 5) is 10.9. The molecular weight excluding hydrogens is 152 g/mol. The standard InChI is InChI=1S/C9H18N2O/c1-10-7-9(12)11-6-2-3-8-4-5-8/h8,10H,2-7H2,1H3,(H,11,12). The maximum atomic E-state index is 10.9. The van der Waals surface area contributed by atoms with Gasteiger partial charge in [-0.2, -0.15) is 0 Å². The van der Waals surface area contributed by atoms with E-state index in [4.69, 9.17) is 0 Å². The Bertz CT molecular complexity index is 143. The van der Waals surface area contributed by atoms with Crippen molar-refractivity contribution in [3.63, 3.8) is 0 Å². The molecule has 70 valence electrons. The fraction of sp³-hybridized carbons (Fsp3) is 0.889. The van der Waals surface area contributed by atoms with Gasteiger partial charge in [-0.25, -0.2) is 0 Å². The minimum atomic E-state index is 0.105. The molecule has 0 unspecified atom stereocenters. The van der Waals surface area contributed by atoms with Gasteiger partial charge in [0.05, 0.1) is 6.54 Å². The summed E-state index contributed by atoms with van der Waals surface area (Å²) in [6.45, 7) is 1.28. The molecule has 1 aliphatic rings. The first kappa shape index (κ1) is 9.52. The largest absolute Gasteiger partial charge is 0.355 e. The molecule has 0 radical (unpaired) electrons. The molecule has 1 fully saturated rings. The summed E-state index contributed by atoms with van der Waals surface area (Å²) in [6, 6.07) is 0. The number of amides is 1. The van der Waals surface area contributed by atoms with Crippen molar-refractivity contribution in [2.45, 2.75) is 25.7 Å². The Hall–Kier alpha value is -0.570. The van der Waals surface area contributed by atoms with Crippen molar-refractivity contribution >= 4 is 5.91 Å². The van der Waals surface area contributed by atoms with Gasteiger partial charge >= 0.3 is 0 Å². The molecular formula is C9H18N2O. The molecule has 3 nitrogen and oxygen atoms in total. The highest BCUT2D eigenvalue weighted by Gasteiger charge is 2.19. The summed E-state index contributed by atoms with van der Waals surface area (Å²) >= 11 is 0. The predicted octanol–water partition coefficient (Wildman–Crippen LogP) is 0.512. The molecule has 1 amide bonds. The van der Waals surface area contributed by atoms with Crippen LogP contribution in [0.3, 0.4) is 0 Å². The minimum Gasteiger partial charge on any atom is -0.355 e. The Morgan fingerprint density at radius 2 is 2.25 bits per heavy atom. The zero-order valence-electron chi connectivity index (χ0n) is 7.73. The van der Waals surface area contributed by atoms with E-state index in [9.17, 15) is 4.79 Å². The summed E-state index contributed by atoms with van der Waals surface area (Å²) < 4.78 is 0. The average Bonchev–Trinajstić information content (AvgIpc) is 2.82. The van der Waals surface area contributed by atoms with Crippen molar-refractivity contribution in [2.24, 2.45) is 5.92 Å². The van der Waals surface area contributed by atoms with Gasteiger partial charge in [0.2, 0.25) is 5.91 Å². The van der Waals surface area contributed by atoms with Crippen molar-refractivity contribution in [1.29, 1.82) is 0 Å². The third kappa shape index (κ3) is 4.34. The molecule has 0 bridgehead atoms. The van der Waals surface area contributed by atoms with E-state index in [-0.39, 0.29) is 5.91 Å². The van der Waals surface area contributed by atoms with Crippen LogP contribution < -0.4 is 10.6 Å². The lowest BCUT2D eigenvalue weighted by atomic mass is 10.2. The Morgan fingerprint density at radius 1 is 1.50 bits per heavy atom. The lowest BCUT2D eigenvalue weighted by molar-refractivity contribution is -0.120. The highest BCUT2D eigenvalue weighted by Crippen LogP contribution is 2.33. The molecule has 1 saturated carbocycles. The molecule has 1 aliphatic carbocycles. The molecule has 0 aromatic heterocycles. The molecule has 0 heterocycles. The maximum Gasteiger partial charge on any atom is 0.233 e. The fourth-order valence-electron chi connectivity index (χ4n) is 1.25. The van der Waals surface area contributed by atoms with Crippen LogP contribution in [0, 0.1) is 5.92 Å². The number of carbonyl (C=O) groups excluding carboxylic acids is 1. The van der Waals surface area contributed by atoms with E-state index in [0.717, 1.165) is 18.9 Å². The van der Waals surface area contributed by atoms with Crippen LogP contribution in [0.2, 0.25) is 0 Å². The van der Waals surface area contributed by atoms with Gasteiger partial charge in [-0.1, -0.05) is 12.8 Å². The second-order valence-electron chi connectivity index (χ2n) is 3.47. The van der Waals surface area contributed by atoms with Crippen LogP contribution in [0.1, 0.15) is 25.7 Å². The van der Waals surface area contributed by atoms with E-state index < -0.39 is 0 Å². The second-order valence-corrected chi connectivity index (χ2v) is 3.47. The highest BCUT2D eigenvalue weighted by atomic mass is 16.1. The first-order chi connectivity index (χ1) is 5.83.